The molecule has 0 saturated heterocycles. The Bertz CT molecular complexity index is 1280. The number of H-pyrrole nitrogens is 2. The SMILES string of the molecule is O=c1cc(-c2ccc3n[nH]nc3c2)nc2nc(Cc3ccccn3)[nH]n12. The number of benzene rings is 1. The van der Waals surface area contributed by atoms with Crippen molar-refractivity contribution in [2.75, 3.05) is 0 Å². The van der Waals surface area contributed by atoms with E-state index < -0.39 is 0 Å². The molecule has 5 aromatic rings. The van der Waals surface area contributed by atoms with Gasteiger partial charge in [0.15, 0.2) is 0 Å². The molecule has 26 heavy (non-hydrogen) atoms. The summed E-state index contributed by atoms with van der Waals surface area (Å²) in [5.74, 6) is 0.941. The lowest BCUT2D eigenvalue weighted by Crippen LogP contribution is -2.14. The van der Waals surface area contributed by atoms with Crippen molar-refractivity contribution in [3.63, 3.8) is 0 Å². The van der Waals surface area contributed by atoms with Gasteiger partial charge in [-0.15, -0.1) is 0 Å². The Kier molecular flexibility index (Phi) is 3.11. The highest BCUT2D eigenvalue weighted by Crippen LogP contribution is 2.20. The second kappa shape index (κ2) is 5.59. The number of nitrogens with one attached hydrogen (secondary N) is 2. The summed E-state index contributed by atoms with van der Waals surface area (Å²) >= 11 is 0. The Morgan fingerprint density at radius 3 is 2.81 bits per heavy atom. The van der Waals surface area contributed by atoms with Crippen LogP contribution in [0.15, 0.2) is 53.5 Å². The third kappa shape index (κ3) is 2.42. The fourth-order valence-electron chi connectivity index (χ4n) is 2.83. The number of nitrogens with zero attached hydrogens (tertiary/aromatic N) is 6. The maximum Gasteiger partial charge on any atom is 0.274 e. The molecule has 2 N–H and O–H groups in total. The Balaban J connectivity index is 1.58. The van der Waals surface area contributed by atoms with Crippen molar-refractivity contribution in [3.05, 3.63) is 70.5 Å². The number of hydrogen-bond acceptors (Lipinski definition) is 6. The molecule has 0 amide bonds. The van der Waals surface area contributed by atoms with Crippen molar-refractivity contribution in [1.29, 1.82) is 0 Å². The first-order valence-electron chi connectivity index (χ1n) is 7.96. The molecular formula is C17H12N8O. The van der Waals surface area contributed by atoms with Crippen molar-refractivity contribution in [1.82, 2.24) is 40.0 Å². The van der Waals surface area contributed by atoms with Gasteiger partial charge in [0.2, 0.25) is 0 Å². The molecule has 0 aliphatic carbocycles. The third-order valence-electron chi connectivity index (χ3n) is 4.06. The highest BCUT2D eigenvalue weighted by Gasteiger charge is 2.11. The van der Waals surface area contributed by atoms with Crippen LogP contribution in [0.4, 0.5) is 0 Å². The van der Waals surface area contributed by atoms with E-state index in [1.54, 1.807) is 6.20 Å². The third-order valence-corrected chi connectivity index (χ3v) is 4.06. The summed E-state index contributed by atoms with van der Waals surface area (Å²) in [7, 11) is 0. The summed E-state index contributed by atoms with van der Waals surface area (Å²) in [5, 5.41) is 13.6. The van der Waals surface area contributed by atoms with Crippen molar-refractivity contribution in [3.8, 4) is 11.3 Å². The number of pyridine rings is 1. The monoisotopic (exact) mass is 344 g/mol. The lowest BCUT2D eigenvalue weighted by atomic mass is 10.1. The van der Waals surface area contributed by atoms with Gasteiger partial charge in [-0.3, -0.25) is 14.9 Å². The first kappa shape index (κ1) is 14.5. The summed E-state index contributed by atoms with van der Waals surface area (Å²) in [6.45, 7) is 0. The highest BCUT2D eigenvalue weighted by molar-refractivity contribution is 5.80. The normalized spacial score (nSPS) is 11.4. The van der Waals surface area contributed by atoms with Crippen molar-refractivity contribution >= 4 is 16.8 Å². The van der Waals surface area contributed by atoms with Gasteiger partial charge < -0.3 is 0 Å². The van der Waals surface area contributed by atoms with E-state index in [9.17, 15) is 4.79 Å². The Labute approximate surface area is 145 Å². The zero-order valence-corrected chi connectivity index (χ0v) is 13.4. The van der Waals surface area contributed by atoms with Crippen LogP contribution in [-0.4, -0.2) is 40.0 Å². The molecular weight excluding hydrogens is 332 g/mol. The van der Waals surface area contributed by atoms with E-state index in [0.29, 0.717) is 29.2 Å². The minimum atomic E-state index is -0.231. The molecule has 0 unspecified atom stereocenters. The predicted octanol–water partition coefficient (Wildman–Crippen LogP) is 1.34. The molecule has 0 radical (unpaired) electrons. The zero-order chi connectivity index (χ0) is 17.5. The van der Waals surface area contributed by atoms with E-state index in [2.05, 4.69) is 35.5 Å². The molecule has 5 rings (SSSR count). The maximum absolute atomic E-state index is 12.5. The summed E-state index contributed by atoms with van der Waals surface area (Å²) in [4.78, 5) is 25.7. The summed E-state index contributed by atoms with van der Waals surface area (Å²) < 4.78 is 1.33. The molecule has 0 atom stereocenters. The first-order valence-corrected chi connectivity index (χ1v) is 7.96. The zero-order valence-electron chi connectivity index (χ0n) is 13.4. The predicted molar refractivity (Wildman–Crippen MR) is 93.5 cm³/mol. The number of aromatic nitrogens is 8. The highest BCUT2D eigenvalue weighted by atomic mass is 16.1. The molecule has 9 heteroatoms. The van der Waals surface area contributed by atoms with Crippen LogP contribution in [0.2, 0.25) is 0 Å². The molecule has 9 nitrogen and oxygen atoms in total. The average Bonchev–Trinajstić information content (AvgIpc) is 3.28. The van der Waals surface area contributed by atoms with Crippen LogP contribution < -0.4 is 5.56 Å². The first-order chi connectivity index (χ1) is 12.8. The van der Waals surface area contributed by atoms with Gasteiger partial charge in [-0.25, -0.2) is 4.98 Å². The molecule has 0 saturated carbocycles. The fraction of sp³-hybridized carbons (Fsp3) is 0.0588. The van der Waals surface area contributed by atoms with Crippen LogP contribution >= 0.6 is 0 Å². The Hall–Kier alpha value is -3.88. The van der Waals surface area contributed by atoms with Gasteiger partial charge in [0.1, 0.15) is 16.9 Å². The van der Waals surface area contributed by atoms with Crippen LogP contribution in [0.5, 0.6) is 0 Å². The summed E-state index contributed by atoms with van der Waals surface area (Å²) in [6.07, 6.45) is 2.21. The second-order valence-corrected chi connectivity index (χ2v) is 5.81. The average molecular weight is 344 g/mol. The van der Waals surface area contributed by atoms with Gasteiger partial charge in [0.05, 0.1) is 5.69 Å². The van der Waals surface area contributed by atoms with Gasteiger partial charge in [-0.2, -0.15) is 24.9 Å². The molecule has 0 aliphatic heterocycles. The van der Waals surface area contributed by atoms with Crippen LogP contribution in [0.1, 0.15) is 11.5 Å². The van der Waals surface area contributed by atoms with Crippen molar-refractivity contribution < 1.29 is 0 Å². The quantitative estimate of drug-likeness (QED) is 0.510. The number of rotatable bonds is 3. The minimum Gasteiger partial charge on any atom is -0.275 e. The Morgan fingerprint density at radius 2 is 1.92 bits per heavy atom. The van der Waals surface area contributed by atoms with E-state index in [1.165, 1.54) is 10.6 Å². The van der Waals surface area contributed by atoms with E-state index >= 15 is 0 Å². The van der Waals surface area contributed by atoms with Crippen LogP contribution in [-0.2, 0) is 6.42 Å². The van der Waals surface area contributed by atoms with Gasteiger partial charge >= 0.3 is 0 Å². The molecule has 4 aromatic heterocycles. The molecule has 0 fully saturated rings. The van der Waals surface area contributed by atoms with E-state index in [4.69, 9.17) is 0 Å². The smallest absolute Gasteiger partial charge is 0.274 e. The van der Waals surface area contributed by atoms with Gasteiger partial charge in [-0.05, 0) is 24.3 Å². The molecule has 0 spiro atoms. The minimum absolute atomic E-state index is 0.231. The van der Waals surface area contributed by atoms with E-state index in [0.717, 1.165) is 16.8 Å². The van der Waals surface area contributed by atoms with Crippen molar-refractivity contribution in [2.24, 2.45) is 0 Å². The summed E-state index contributed by atoms with van der Waals surface area (Å²) in [6, 6.07) is 12.6. The maximum atomic E-state index is 12.5. The second-order valence-electron chi connectivity index (χ2n) is 5.81. The molecule has 4 heterocycles. The van der Waals surface area contributed by atoms with Gasteiger partial charge in [0.25, 0.3) is 11.3 Å². The molecule has 0 bridgehead atoms. The van der Waals surface area contributed by atoms with Crippen LogP contribution in [0.25, 0.3) is 28.1 Å². The lowest BCUT2D eigenvalue weighted by molar-refractivity contribution is 0.856. The Morgan fingerprint density at radius 1 is 1.00 bits per heavy atom. The largest absolute Gasteiger partial charge is 0.275 e. The number of hydrogen-bond donors (Lipinski definition) is 2. The van der Waals surface area contributed by atoms with Gasteiger partial charge in [-0.1, -0.05) is 12.1 Å². The molecule has 126 valence electrons. The van der Waals surface area contributed by atoms with Crippen LogP contribution in [0.3, 0.4) is 0 Å². The number of fused-ring (bicyclic) bond motifs is 2. The molecule has 0 aliphatic rings. The van der Waals surface area contributed by atoms with E-state index in [-0.39, 0.29) is 5.56 Å². The van der Waals surface area contributed by atoms with Crippen LogP contribution in [0, 0.1) is 0 Å². The van der Waals surface area contributed by atoms with E-state index in [1.807, 2.05) is 36.4 Å². The van der Waals surface area contributed by atoms with Crippen molar-refractivity contribution in [2.45, 2.75) is 6.42 Å². The van der Waals surface area contributed by atoms with Gasteiger partial charge in [0, 0.05) is 29.9 Å². The lowest BCUT2D eigenvalue weighted by Gasteiger charge is -2.00. The summed E-state index contributed by atoms with van der Waals surface area (Å²) in [5.41, 5.74) is 3.41. The number of aromatic amines is 2. The standard InChI is InChI=1S/C17H12N8O/c26-16-9-13(10-4-5-12-14(7-10)22-24-21-12)19-17-20-15(23-25(16)17)8-11-3-1-2-6-18-11/h1-7,9H,8H2,(H,19,20,23)(H,21,22,24). The fourth-order valence-corrected chi connectivity index (χ4v) is 2.83. The molecule has 1 aromatic carbocycles. The topological polar surface area (TPSA) is 118 Å².